The van der Waals surface area contributed by atoms with Gasteiger partial charge in [-0.2, -0.15) is 0 Å². The Morgan fingerprint density at radius 1 is 1.62 bits per heavy atom. The van der Waals surface area contributed by atoms with Gasteiger partial charge >= 0.3 is 0 Å². The molecule has 116 valence electrons. The fourth-order valence-electron chi connectivity index (χ4n) is 1.99. The maximum Gasteiger partial charge on any atom is 0.243 e. The van der Waals surface area contributed by atoms with E-state index in [4.69, 9.17) is 0 Å². The molecule has 2 rings (SSSR count). The summed E-state index contributed by atoms with van der Waals surface area (Å²) in [6.07, 6.45) is 1.65. The van der Waals surface area contributed by atoms with Crippen LogP contribution in [0.5, 0.6) is 0 Å². The number of aromatic nitrogens is 3. The summed E-state index contributed by atoms with van der Waals surface area (Å²) >= 11 is 1.49. The first-order valence-electron chi connectivity index (χ1n) is 6.92. The van der Waals surface area contributed by atoms with Crippen LogP contribution < -0.4 is 10.6 Å². The lowest BCUT2D eigenvalue weighted by molar-refractivity contribution is -0.129. The average molecular weight is 311 g/mol. The fourth-order valence-corrected chi connectivity index (χ4v) is 2.99. The molecule has 0 aromatic carbocycles. The second-order valence-corrected chi connectivity index (χ2v) is 7.46. The highest BCUT2D eigenvalue weighted by atomic mass is 32.2. The molecular weight excluding hydrogens is 290 g/mol. The average Bonchev–Trinajstić information content (AvgIpc) is 2.87. The minimum absolute atomic E-state index is 0.107. The van der Waals surface area contributed by atoms with Crippen molar-refractivity contribution in [3.8, 4) is 0 Å². The third-order valence-electron chi connectivity index (χ3n) is 3.40. The van der Waals surface area contributed by atoms with Crippen LogP contribution in [-0.4, -0.2) is 43.1 Å². The van der Waals surface area contributed by atoms with Crippen LogP contribution in [0, 0.1) is 0 Å². The van der Waals surface area contributed by atoms with E-state index in [1.807, 2.05) is 32.3 Å². The van der Waals surface area contributed by atoms with Gasteiger partial charge in [0.25, 0.3) is 0 Å². The molecule has 0 aliphatic carbocycles. The van der Waals surface area contributed by atoms with E-state index in [1.165, 1.54) is 11.8 Å². The van der Waals surface area contributed by atoms with Crippen molar-refractivity contribution in [2.24, 2.45) is 0 Å². The lowest BCUT2D eigenvalue weighted by atomic mass is 10.1. The second-order valence-electron chi connectivity index (χ2n) is 5.81. The van der Waals surface area contributed by atoms with Gasteiger partial charge in [0.05, 0.1) is 11.3 Å². The molecule has 0 bridgehead atoms. The SMILES string of the molecule is CC(C)n1cnnc1CNC(=O)[C@H]1CSC(C)(C)C(=O)N1. The number of hydrogen-bond donors (Lipinski definition) is 2. The Balaban J connectivity index is 1.91. The number of nitrogens with one attached hydrogen (secondary N) is 2. The summed E-state index contributed by atoms with van der Waals surface area (Å²) in [5, 5.41) is 13.4. The predicted octanol–water partition coefficient (Wildman–Crippen LogP) is 0.485. The Morgan fingerprint density at radius 2 is 2.33 bits per heavy atom. The number of rotatable bonds is 4. The zero-order valence-corrected chi connectivity index (χ0v) is 13.5. The Labute approximate surface area is 128 Å². The largest absolute Gasteiger partial charge is 0.347 e. The maximum absolute atomic E-state index is 12.1. The summed E-state index contributed by atoms with van der Waals surface area (Å²) < 4.78 is 1.42. The van der Waals surface area contributed by atoms with Crippen molar-refractivity contribution in [2.75, 3.05) is 5.75 Å². The van der Waals surface area contributed by atoms with Crippen LogP contribution in [0.2, 0.25) is 0 Å². The van der Waals surface area contributed by atoms with Gasteiger partial charge in [-0.05, 0) is 27.7 Å². The van der Waals surface area contributed by atoms with E-state index in [9.17, 15) is 9.59 Å². The highest BCUT2D eigenvalue weighted by Gasteiger charge is 2.37. The van der Waals surface area contributed by atoms with Crippen LogP contribution in [0.15, 0.2) is 6.33 Å². The fraction of sp³-hybridized carbons (Fsp3) is 0.692. The normalized spacial score (nSPS) is 21.2. The summed E-state index contributed by atoms with van der Waals surface area (Å²) in [7, 11) is 0. The molecule has 7 nitrogen and oxygen atoms in total. The molecule has 2 heterocycles. The minimum Gasteiger partial charge on any atom is -0.347 e. The van der Waals surface area contributed by atoms with Gasteiger partial charge in [-0.1, -0.05) is 0 Å². The molecule has 1 saturated heterocycles. The second kappa shape index (κ2) is 6.05. The molecule has 0 saturated carbocycles. The molecule has 1 aromatic rings. The third-order valence-corrected chi connectivity index (χ3v) is 4.81. The Hall–Kier alpha value is -1.57. The van der Waals surface area contributed by atoms with Gasteiger partial charge in [0.2, 0.25) is 11.8 Å². The van der Waals surface area contributed by atoms with Gasteiger partial charge in [-0.3, -0.25) is 9.59 Å². The molecule has 0 spiro atoms. The van der Waals surface area contributed by atoms with Crippen LogP contribution in [0.3, 0.4) is 0 Å². The smallest absolute Gasteiger partial charge is 0.243 e. The number of carbonyl (C=O) groups excluding carboxylic acids is 2. The molecule has 0 unspecified atom stereocenters. The highest BCUT2D eigenvalue weighted by molar-refractivity contribution is 8.01. The van der Waals surface area contributed by atoms with Gasteiger partial charge in [0, 0.05) is 11.8 Å². The predicted molar refractivity (Wildman–Crippen MR) is 80.7 cm³/mol. The molecule has 1 aliphatic rings. The topological polar surface area (TPSA) is 88.9 Å². The number of carbonyl (C=O) groups is 2. The van der Waals surface area contributed by atoms with E-state index >= 15 is 0 Å². The van der Waals surface area contributed by atoms with E-state index < -0.39 is 10.8 Å². The summed E-state index contributed by atoms with van der Waals surface area (Å²) in [6, 6.07) is -0.261. The first-order valence-corrected chi connectivity index (χ1v) is 7.91. The third kappa shape index (κ3) is 3.55. The maximum atomic E-state index is 12.1. The van der Waals surface area contributed by atoms with Crippen LogP contribution in [0.1, 0.15) is 39.6 Å². The van der Waals surface area contributed by atoms with Crippen molar-refractivity contribution in [3.05, 3.63) is 12.2 Å². The molecule has 2 N–H and O–H groups in total. The van der Waals surface area contributed by atoms with Crippen molar-refractivity contribution in [1.29, 1.82) is 0 Å². The zero-order valence-electron chi connectivity index (χ0n) is 12.7. The molecule has 0 radical (unpaired) electrons. The lowest BCUT2D eigenvalue weighted by Crippen LogP contribution is -2.57. The van der Waals surface area contributed by atoms with Gasteiger partial charge in [0.1, 0.15) is 12.4 Å². The van der Waals surface area contributed by atoms with Crippen molar-refractivity contribution in [1.82, 2.24) is 25.4 Å². The van der Waals surface area contributed by atoms with Gasteiger partial charge < -0.3 is 15.2 Å². The molecule has 1 fully saturated rings. The first-order chi connectivity index (χ1) is 9.81. The molecule has 1 aromatic heterocycles. The minimum atomic E-state index is -0.494. The number of amides is 2. The van der Waals surface area contributed by atoms with Crippen molar-refractivity contribution in [2.45, 2.75) is 51.1 Å². The number of nitrogens with zero attached hydrogens (tertiary/aromatic N) is 3. The van der Waals surface area contributed by atoms with Gasteiger partial charge in [0.15, 0.2) is 5.82 Å². The molecular formula is C13H21N5O2S. The quantitative estimate of drug-likeness (QED) is 0.844. The van der Waals surface area contributed by atoms with E-state index in [2.05, 4.69) is 20.8 Å². The summed E-state index contributed by atoms with van der Waals surface area (Å²) in [4.78, 5) is 24.0. The summed E-state index contributed by atoms with van der Waals surface area (Å²) in [5.41, 5.74) is 0. The standard InChI is InChI=1S/C13H21N5O2S/c1-8(2)18-7-15-17-10(18)5-14-11(19)9-6-21-13(3,4)12(20)16-9/h7-9H,5-6H2,1-4H3,(H,14,19)(H,16,20)/t9-/m1/s1. The monoisotopic (exact) mass is 311 g/mol. The van der Waals surface area contributed by atoms with Gasteiger partial charge in [-0.15, -0.1) is 22.0 Å². The Bertz CT molecular complexity index is 540. The molecule has 8 heteroatoms. The number of thioether (sulfide) groups is 1. The Morgan fingerprint density at radius 3 is 2.95 bits per heavy atom. The first kappa shape index (κ1) is 15.8. The highest BCUT2D eigenvalue weighted by Crippen LogP contribution is 2.28. The zero-order chi connectivity index (χ0) is 15.6. The van der Waals surface area contributed by atoms with Crippen LogP contribution >= 0.6 is 11.8 Å². The van der Waals surface area contributed by atoms with E-state index in [0.29, 0.717) is 18.1 Å². The lowest BCUT2D eigenvalue weighted by Gasteiger charge is -2.32. The molecule has 2 amide bonds. The van der Waals surface area contributed by atoms with Crippen LogP contribution in [0.4, 0.5) is 0 Å². The van der Waals surface area contributed by atoms with Crippen molar-refractivity contribution in [3.63, 3.8) is 0 Å². The molecule has 1 atom stereocenters. The molecule has 21 heavy (non-hydrogen) atoms. The van der Waals surface area contributed by atoms with Crippen molar-refractivity contribution >= 4 is 23.6 Å². The van der Waals surface area contributed by atoms with E-state index in [0.717, 1.165) is 0 Å². The van der Waals surface area contributed by atoms with Crippen LogP contribution in [-0.2, 0) is 16.1 Å². The summed E-state index contributed by atoms with van der Waals surface area (Å²) in [5.74, 6) is 0.976. The van der Waals surface area contributed by atoms with E-state index in [1.54, 1.807) is 6.33 Å². The Kier molecular flexibility index (Phi) is 4.55. The number of hydrogen-bond acceptors (Lipinski definition) is 5. The van der Waals surface area contributed by atoms with Gasteiger partial charge in [-0.25, -0.2) is 0 Å². The van der Waals surface area contributed by atoms with E-state index in [-0.39, 0.29) is 17.9 Å². The van der Waals surface area contributed by atoms with Crippen LogP contribution in [0.25, 0.3) is 0 Å². The van der Waals surface area contributed by atoms with Crippen molar-refractivity contribution < 1.29 is 9.59 Å². The molecule has 1 aliphatic heterocycles. The summed E-state index contributed by atoms with van der Waals surface area (Å²) in [6.45, 7) is 8.06.